The van der Waals surface area contributed by atoms with E-state index in [2.05, 4.69) is 10.9 Å². The average molecular weight is 352 g/mol. The molecule has 9 heteroatoms. The third-order valence-corrected chi connectivity index (χ3v) is 5.50. The summed E-state index contributed by atoms with van der Waals surface area (Å²) in [7, 11) is -3.14. The van der Waals surface area contributed by atoms with Gasteiger partial charge in [0.05, 0.1) is 17.4 Å². The number of hydrogen-bond donors (Lipinski definition) is 2. The lowest BCUT2D eigenvalue weighted by Gasteiger charge is -2.09. The molecule has 0 radical (unpaired) electrons. The molecule has 1 aromatic rings. The minimum absolute atomic E-state index is 0.00303. The number of fused-ring (bicyclic) bond motifs is 1. The third-order valence-electron chi connectivity index (χ3n) is 3.74. The number of rotatable bonds is 3. The first-order chi connectivity index (χ1) is 11.4. The summed E-state index contributed by atoms with van der Waals surface area (Å²) in [5.74, 6) is -0.565. The van der Waals surface area contributed by atoms with Crippen molar-refractivity contribution in [3.63, 3.8) is 0 Å². The SMILES string of the molecule is O=C(/C=C/c1ccc2c(c1)OCO2)NNC(=O)[C@@H]1CCS(=O)(=O)C1. The normalized spacial score (nSPS) is 20.9. The average Bonchev–Trinajstić information content (AvgIpc) is 3.15. The van der Waals surface area contributed by atoms with Gasteiger partial charge in [0.15, 0.2) is 21.3 Å². The molecule has 0 spiro atoms. The largest absolute Gasteiger partial charge is 0.454 e. The molecule has 3 rings (SSSR count). The van der Waals surface area contributed by atoms with Gasteiger partial charge >= 0.3 is 0 Å². The summed E-state index contributed by atoms with van der Waals surface area (Å²) in [6.07, 6.45) is 3.09. The van der Waals surface area contributed by atoms with Gasteiger partial charge in [0.25, 0.3) is 5.91 Å². The minimum Gasteiger partial charge on any atom is -0.454 e. The maximum atomic E-state index is 11.8. The van der Waals surface area contributed by atoms with Crippen LogP contribution >= 0.6 is 0 Å². The monoisotopic (exact) mass is 352 g/mol. The first-order valence-corrected chi connectivity index (χ1v) is 9.13. The van der Waals surface area contributed by atoms with E-state index in [1.807, 2.05) is 0 Å². The summed E-state index contributed by atoms with van der Waals surface area (Å²) < 4.78 is 33.1. The molecule has 1 atom stereocenters. The molecule has 0 aliphatic carbocycles. The van der Waals surface area contributed by atoms with Crippen LogP contribution in [0, 0.1) is 5.92 Å². The maximum absolute atomic E-state index is 11.8. The van der Waals surface area contributed by atoms with Crippen LogP contribution in [0.3, 0.4) is 0 Å². The third kappa shape index (κ3) is 3.85. The zero-order valence-corrected chi connectivity index (χ0v) is 13.5. The van der Waals surface area contributed by atoms with E-state index in [9.17, 15) is 18.0 Å². The summed E-state index contributed by atoms with van der Waals surface area (Å²) in [5, 5.41) is 0. The zero-order chi connectivity index (χ0) is 17.2. The molecule has 128 valence electrons. The van der Waals surface area contributed by atoms with Crippen molar-refractivity contribution in [2.75, 3.05) is 18.3 Å². The number of carbonyl (C=O) groups excluding carboxylic acids is 2. The summed E-state index contributed by atoms with van der Waals surface area (Å²) in [6, 6.07) is 5.23. The molecule has 24 heavy (non-hydrogen) atoms. The van der Waals surface area contributed by atoms with E-state index < -0.39 is 27.6 Å². The molecule has 2 amide bonds. The highest BCUT2D eigenvalue weighted by Crippen LogP contribution is 2.32. The van der Waals surface area contributed by atoms with Gasteiger partial charge in [-0.05, 0) is 30.2 Å². The molecule has 2 aliphatic heterocycles. The van der Waals surface area contributed by atoms with E-state index in [1.54, 1.807) is 24.3 Å². The number of hydrogen-bond acceptors (Lipinski definition) is 6. The van der Waals surface area contributed by atoms with Gasteiger partial charge in [0.1, 0.15) is 0 Å². The fourth-order valence-electron chi connectivity index (χ4n) is 2.46. The second-order valence-electron chi connectivity index (χ2n) is 5.52. The van der Waals surface area contributed by atoms with Crippen LogP contribution in [0.4, 0.5) is 0 Å². The molecule has 1 saturated heterocycles. The van der Waals surface area contributed by atoms with Gasteiger partial charge < -0.3 is 9.47 Å². The van der Waals surface area contributed by atoms with Crippen LogP contribution in [-0.2, 0) is 19.4 Å². The maximum Gasteiger partial charge on any atom is 0.262 e. The molecule has 0 saturated carbocycles. The molecule has 1 aromatic carbocycles. The lowest BCUT2D eigenvalue weighted by Crippen LogP contribution is -2.44. The summed E-state index contributed by atoms with van der Waals surface area (Å²) in [4.78, 5) is 23.5. The quantitative estimate of drug-likeness (QED) is 0.586. The molecule has 0 aromatic heterocycles. The smallest absolute Gasteiger partial charge is 0.262 e. The van der Waals surface area contributed by atoms with Gasteiger partial charge in [-0.15, -0.1) is 0 Å². The molecule has 2 N–H and O–H groups in total. The van der Waals surface area contributed by atoms with Crippen LogP contribution in [0.15, 0.2) is 24.3 Å². The van der Waals surface area contributed by atoms with Gasteiger partial charge in [-0.25, -0.2) is 8.42 Å². The van der Waals surface area contributed by atoms with Gasteiger partial charge in [-0.3, -0.25) is 20.4 Å². The number of ether oxygens (including phenoxy) is 2. The van der Waals surface area contributed by atoms with Crippen LogP contribution < -0.4 is 20.3 Å². The number of carbonyl (C=O) groups is 2. The molecule has 2 aliphatic rings. The first kappa shape index (κ1) is 16.3. The molecule has 2 heterocycles. The van der Waals surface area contributed by atoms with Gasteiger partial charge in [0, 0.05) is 6.08 Å². The number of benzene rings is 1. The van der Waals surface area contributed by atoms with E-state index >= 15 is 0 Å². The first-order valence-electron chi connectivity index (χ1n) is 7.31. The van der Waals surface area contributed by atoms with Crippen molar-refractivity contribution in [1.82, 2.24) is 10.9 Å². The zero-order valence-electron chi connectivity index (χ0n) is 12.7. The Morgan fingerprint density at radius 2 is 1.96 bits per heavy atom. The lowest BCUT2D eigenvalue weighted by atomic mass is 10.1. The van der Waals surface area contributed by atoms with Gasteiger partial charge in [-0.1, -0.05) is 6.07 Å². The van der Waals surface area contributed by atoms with Crippen molar-refractivity contribution in [1.29, 1.82) is 0 Å². The second-order valence-corrected chi connectivity index (χ2v) is 7.75. The summed E-state index contributed by atoms with van der Waals surface area (Å²) in [6.45, 7) is 0.173. The molecular formula is C15H16N2O6S. The Hall–Kier alpha value is -2.55. The van der Waals surface area contributed by atoms with E-state index in [4.69, 9.17) is 9.47 Å². The van der Waals surface area contributed by atoms with Crippen molar-refractivity contribution >= 4 is 27.7 Å². The Morgan fingerprint density at radius 1 is 1.17 bits per heavy atom. The van der Waals surface area contributed by atoms with Crippen molar-refractivity contribution < 1.29 is 27.5 Å². The van der Waals surface area contributed by atoms with Crippen molar-refractivity contribution in [3.05, 3.63) is 29.8 Å². The summed E-state index contributed by atoms with van der Waals surface area (Å²) in [5.41, 5.74) is 5.21. The molecular weight excluding hydrogens is 336 g/mol. The molecule has 8 nitrogen and oxygen atoms in total. The minimum atomic E-state index is -3.14. The number of hydrazine groups is 1. The van der Waals surface area contributed by atoms with E-state index in [0.29, 0.717) is 11.5 Å². The Balaban J connectivity index is 1.50. The van der Waals surface area contributed by atoms with E-state index in [-0.39, 0.29) is 24.7 Å². The number of sulfone groups is 1. The topological polar surface area (TPSA) is 111 Å². The molecule has 0 unspecified atom stereocenters. The Labute approximate surface area is 138 Å². The van der Waals surface area contributed by atoms with Crippen molar-refractivity contribution in [3.8, 4) is 11.5 Å². The van der Waals surface area contributed by atoms with Crippen LogP contribution in [0.25, 0.3) is 6.08 Å². The Bertz CT molecular complexity index is 802. The van der Waals surface area contributed by atoms with Crippen molar-refractivity contribution in [2.45, 2.75) is 6.42 Å². The highest BCUT2D eigenvalue weighted by Gasteiger charge is 2.32. The van der Waals surface area contributed by atoms with E-state index in [1.165, 1.54) is 6.08 Å². The Kier molecular flexibility index (Phi) is 4.43. The second kappa shape index (κ2) is 6.52. The highest BCUT2D eigenvalue weighted by atomic mass is 32.2. The Morgan fingerprint density at radius 3 is 2.71 bits per heavy atom. The van der Waals surface area contributed by atoms with Crippen LogP contribution in [-0.4, -0.2) is 38.5 Å². The van der Waals surface area contributed by atoms with Gasteiger partial charge in [0.2, 0.25) is 12.7 Å². The van der Waals surface area contributed by atoms with Gasteiger partial charge in [-0.2, -0.15) is 0 Å². The molecule has 0 bridgehead atoms. The predicted molar refractivity (Wildman–Crippen MR) is 84.6 cm³/mol. The fraction of sp³-hybridized carbons (Fsp3) is 0.333. The number of nitrogens with one attached hydrogen (secondary N) is 2. The fourth-order valence-corrected chi connectivity index (χ4v) is 4.20. The van der Waals surface area contributed by atoms with Crippen LogP contribution in [0.5, 0.6) is 11.5 Å². The van der Waals surface area contributed by atoms with Crippen LogP contribution in [0.1, 0.15) is 12.0 Å². The van der Waals surface area contributed by atoms with E-state index in [0.717, 1.165) is 5.56 Å². The number of amides is 2. The van der Waals surface area contributed by atoms with Crippen molar-refractivity contribution in [2.24, 2.45) is 5.92 Å². The highest BCUT2D eigenvalue weighted by molar-refractivity contribution is 7.91. The predicted octanol–water partition coefficient (Wildman–Crippen LogP) is 0.0106. The lowest BCUT2D eigenvalue weighted by molar-refractivity contribution is -0.129. The summed E-state index contributed by atoms with van der Waals surface area (Å²) >= 11 is 0. The van der Waals surface area contributed by atoms with Crippen LogP contribution in [0.2, 0.25) is 0 Å². The standard InChI is InChI=1S/C15H16N2O6S/c18-14(16-17-15(19)11-5-6-24(20,21)8-11)4-2-10-1-3-12-13(7-10)23-9-22-12/h1-4,7,11H,5-6,8-9H2,(H,16,18)(H,17,19)/b4-2+/t11-/m1/s1. The molecule has 1 fully saturated rings.